The number of nitrogens with one attached hydrogen (secondary N) is 2. The summed E-state index contributed by atoms with van der Waals surface area (Å²) in [7, 11) is 3.24. The second kappa shape index (κ2) is 9.94. The summed E-state index contributed by atoms with van der Waals surface area (Å²) in [6.45, 7) is 1.55. The number of fused-ring (bicyclic) bond motifs is 1. The summed E-state index contributed by atoms with van der Waals surface area (Å²) in [4.78, 5) is 20.6. The molecular weight excluding hydrogens is 410 g/mol. The van der Waals surface area contributed by atoms with Gasteiger partial charge in [-0.1, -0.05) is 17.3 Å². The zero-order valence-corrected chi connectivity index (χ0v) is 17.8. The largest absolute Gasteiger partial charge is 0.382 e. The van der Waals surface area contributed by atoms with Crippen molar-refractivity contribution in [2.45, 2.75) is 6.61 Å². The number of amides is 1. The minimum Gasteiger partial charge on any atom is -0.382 e. The summed E-state index contributed by atoms with van der Waals surface area (Å²) >= 11 is 0. The van der Waals surface area contributed by atoms with Crippen LogP contribution in [0.5, 0.6) is 0 Å². The van der Waals surface area contributed by atoms with Gasteiger partial charge in [-0.05, 0) is 42.0 Å². The molecule has 0 saturated heterocycles. The van der Waals surface area contributed by atoms with E-state index >= 15 is 0 Å². The molecular formula is C22H23N7O3. The van der Waals surface area contributed by atoms with Crippen LogP contribution in [0.3, 0.4) is 0 Å². The number of carbonyl (C=O) groups excluding carboxylic acids is 1. The van der Waals surface area contributed by atoms with Crippen molar-refractivity contribution in [1.82, 2.24) is 30.3 Å². The molecule has 2 aromatic heterocycles. The first kappa shape index (κ1) is 21.3. The average molecular weight is 433 g/mol. The number of ether oxygens (including phenoxy) is 2. The van der Waals surface area contributed by atoms with Gasteiger partial charge in [0.2, 0.25) is 5.95 Å². The molecule has 164 valence electrons. The van der Waals surface area contributed by atoms with Crippen molar-refractivity contribution in [1.29, 1.82) is 0 Å². The van der Waals surface area contributed by atoms with Gasteiger partial charge in [-0.3, -0.25) is 4.79 Å². The van der Waals surface area contributed by atoms with Gasteiger partial charge in [-0.2, -0.15) is 9.67 Å². The van der Waals surface area contributed by atoms with Gasteiger partial charge in [-0.15, -0.1) is 5.10 Å². The van der Waals surface area contributed by atoms with Gasteiger partial charge in [0.15, 0.2) is 11.2 Å². The first-order valence-corrected chi connectivity index (χ1v) is 10.0. The van der Waals surface area contributed by atoms with Crippen LogP contribution < -0.4 is 10.6 Å². The Morgan fingerprint density at radius 3 is 2.75 bits per heavy atom. The van der Waals surface area contributed by atoms with Crippen LogP contribution in [0.2, 0.25) is 0 Å². The molecule has 4 aromatic rings. The Balaban J connectivity index is 1.55. The van der Waals surface area contributed by atoms with E-state index in [0.717, 1.165) is 16.9 Å². The van der Waals surface area contributed by atoms with E-state index in [2.05, 4.69) is 30.9 Å². The van der Waals surface area contributed by atoms with Crippen LogP contribution >= 0.6 is 0 Å². The van der Waals surface area contributed by atoms with Gasteiger partial charge in [0.05, 0.1) is 31.7 Å². The molecule has 10 heteroatoms. The predicted molar refractivity (Wildman–Crippen MR) is 119 cm³/mol. The number of benzene rings is 2. The van der Waals surface area contributed by atoms with Crippen molar-refractivity contribution in [3.05, 3.63) is 65.9 Å². The molecule has 10 nitrogen and oxygen atoms in total. The Morgan fingerprint density at radius 1 is 1.12 bits per heavy atom. The quantitative estimate of drug-likeness (QED) is 0.387. The predicted octanol–water partition coefficient (Wildman–Crippen LogP) is 2.48. The van der Waals surface area contributed by atoms with Gasteiger partial charge in [-0.25, -0.2) is 4.98 Å². The van der Waals surface area contributed by atoms with Crippen LogP contribution in [-0.4, -0.2) is 58.2 Å². The van der Waals surface area contributed by atoms with Crippen LogP contribution in [0.4, 0.5) is 11.6 Å². The topological polar surface area (TPSA) is 116 Å². The Kier molecular flexibility index (Phi) is 6.63. The van der Waals surface area contributed by atoms with E-state index in [4.69, 9.17) is 9.47 Å². The smallest absolute Gasteiger partial charge is 0.251 e. The first-order valence-electron chi connectivity index (χ1n) is 10.0. The molecule has 0 radical (unpaired) electrons. The fourth-order valence-corrected chi connectivity index (χ4v) is 3.05. The van der Waals surface area contributed by atoms with Crippen molar-refractivity contribution in [3.8, 4) is 5.69 Å². The van der Waals surface area contributed by atoms with E-state index in [-0.39, 0.29) is 5.91 Å². The van der Waals surface area contributed by atoms with Crippen molar-refractivity contribution in [2.24, 2.45) is 0 Å². The third-order valence-electron chi connectivity index (χ3n) is 4.68. The summed E-state index contributed by atoms with van der Waals surface area (Å²) < 4.78 is 12.3. The highest BCUT2D eigenvalue weighted by atomic mass is 16.5. The maximum atomic E-state index is 11.7. The second-order valence-corrected chi connectivity index (χ2v) is 6.90. The summed E-state index contributed by atoms with van der Waals surface area (Å²) in [5.41, 5.74) is 4.30. The number of hydrogen-bond donors (Lipinski definition) is 2. The van der Waals surface area contributed by atoms with E-state index in [1.165, 1.54) is 0 Å². The number of anilines is 2. The van der Waals surface area contributed by atoms with Crippen molar-refractivity contribution >= 4 is 28.7 Å². The summed E-state index contributed by atoms with van der Waals surface area (Å²) in [5.74, 6) is 0.253. The van der Waals surface area contributed by atoms with Crippen molar-refractivity contribution in [3.63, 3.8) is 0 Å². The molecule has 0 aliphatic rings. The molecule has 1 amide bonds. The van der Waals surface area contributed by atoms with Crippen molar-refractivity contribution < 1.29 is 14.3 Å². The van der Waals surface area contributed by atoms with Gasteiger partial charge >= 0.3 is 0 Å². The summed E-state index contributed by atoms with van der Waals surface area (Å²) in [5, 5.41) is 14.1. The maximum Gasteiger partial charge on any atom is 0.251 e. The molecule has 0 saturated carbocycles. The summed E-state index contributed by atoms with van der Waals surface area (Å²) in [6, 6.07) is 14.9. The highest BCUT2D eigenvalue weighted by Gasteiger charge is 2.11. The van der Waals surface area contributed by atoms with Crippen LogP contribution in [0, 0.1) is 0 Å². The molecule has 0 atom stereocenters. The molecule has 0 unspecified atom stereocenters. The van der Waals surface area contributed by atoms with Crippen molar-refractivity contribution in [2.75, 3.05) is 32.7 Å². The molecule has 2 heterocycles. The highest BCUT2D eigenvalue weighted by Crippen LogP contribution is 2.19. The Bertz CT molecular complexity index is 1210. The Morgan fingerprint density at radius 2 is 1.97 bits per heavy atom. The molecule has 2 N–H and O–H groups in total. The fourth-order valence-electron chi connectivity index (χ4n) is 3.05. The number of aromatic nitrogens is 5. The lowest BCUT2D eigenvalue weighted by atomic mass is 10.2. The molecule has 2 aromatic carbocycles. The van der Waals surface area contributed by atoms with Gasteiger partial charge in [0.25, 0.3) is 5.91 Å². The fraction of sp³-hybridized carbons (Fsp3) is 0.227. The third-order valence-corrected chi connectivity index (χ3v) is 4.68. The number of hydrogen-bond acceptors (Lipinski definition) is 8. The maximum absolute atomic E-state index is 11.7. The lowest BCUT2D eigenvalue weighted by Crippen LogP contribution is -2.17. The number of carbonyl (C=O) groups is 1. The molecule has 0 aliphatic carbocycles. The minimum absolute atomic E-state index is 0.143. The van der Waals surface area contributed by atoms with E-state index in [0.29, 0.717) is 42.5 Å². The third kappa shape index (κ3) is 4.88. The van der Waals surface area contributed by atoms with Gasteiger partial charge in [0, 0.05) is 25.4 Å². The Hall–Kier alpha value is -3.89. The van der Waals surface area contributed by atoms with E-state index in [1.54, 1.807) is 49.3 Å². The van der Waals surface area contributed by atoms with Crippen LogP contribution in [0.25, 0.3) is 16.9 Å². The molecule has 4 rings (SSSR count). The molecule has 0 fully saturated rings. The van der Waals surface area contributed by atoms with Gasteiger partial charge < -0.3 is 20.1 Å². The first-order chi connectivity index (χ1) is 15.7. The standard InChI is InChI=1S/C22H23N7O3/c1-23-21(30)16-6-8-17(9-7-16)25-22-24-13-19-20(26-22)29(28-27-19)18-5-3-4-15(12-18)14-32-11-10-31-2/h3-9,12-13H,10-11,14H2,1-2H3,(H,23,30)(H,24,25,26). The SMILES string of the molecule is CNC(=O)c1ccc(Nc2ncc3nnn(-c4cccc(COCCOC)c4)c3n2)cc1. The Labute approximate surface area is 184 Å². The van der Waals surface area contributed by atoms with E-state index in [1.807, 2.05) is 24.3 Å². The minimum atomic E-state index is -0.143. The zero-order chi connectivity index (χ0) is 22.3. The highest BCUT2D eigenvalue weighted by molar-refractivity contribution is 5.94. The lowest BCUT2D eigenvalue weighted by molar-refractivity contribution is 0.0616. The molecule has 0 aliphatic heterocycles. The van der Waals surface area contributed by atoms with Crippen LogP contribution in [-0.2, 0) is 16.1 Å². The van der Waals surface area contributed by atoms with E-state index in [9.17, 15) is 4.79 Å². The van der Waals surface area contributed by atoms with Gasteiger partial charge in [0.1, 0.15) is 0 Å². The lowest BCUT2D eigenvalue weighted by Gasteiger charge is -2.08. The monoisotopic (exact) mass is 433 g/mol. The molecule has 32 heavy (non-hydrogen) atoms. The van der Waals surface area contributed by atoms with Crippen LogP contribution in [0.1, 0.15) is 15.9 Å². The number of rotatable bonds is 9. The second-order valence-electron chi connectivity index (χ2n) is 6.90. The number of methoxy groups -OCH3 is 1. The summed E-state index contributed by atoms with van der Waals surface area (Å²) in [6.07, 6.45) is 1.62. The van der Waals surface area contributed by atoms with E-state index < -0.39 is 0 Å². The average Bonchev–Trinajstić information content (AvgIpc) is 3.25. The zero-order valence-electron chi connectivity index (χ0n) is 17.8. The number of nitrogens with zero attached hydrogens (tertiary/aromatic N) is 5. The molecule has 0 bridgehead atoms. The van der Waals surface area contributed by atoms with Crippen LogP contribution in [0.15, 0.2) is 54.7 Å². The normalized spacial score (nSPS) is 10.9. The molecule has 0 spiro atoms.